The third kappa shape index (κ3) is 3.41. The van der Waals surface area contributed by atoms with Crippen molar-refractivity contribution in [3.8, 4) is 10.9 Å². The average molecular weight is 376 g/mol. The number of ether oxygens (including phenoxy) is 1. The van der Waals surface area contributed by atoms with Gasteiger partial charge in [0.1, 0.15) is 9.54 Å². The Labute approximate surface area is 133 Å². The molecule has 0 N–H and O–H groups in total. The molecule has 0 aliphatic heterocycles. The maximum atomic E-state index is 5.86. The fourth-order valence-corrected chi connectivity index (χ4v) is 3.00. The molecule has 0 bridgehead atoms. The van der Waals surface area contributed by atoms with Crippen LogP contribution in [0.4, 0.5) is 5.69 Å². The van der Waals surface area contributed by atoms with Crippen LogP contribution in [0.3, 0.4) is 0 Å². The molecule has 1 aromatic carbocycles. The van der Waals surface area contributed by atoms with E-state index in [4.69, 9.17) is 16.3 Å². The maximum Gasteiger partial charge on any atom is 0.281 e. The minimum Gasteiger partial charge on any atom is -0.431 e. The predicted molar refractivity (Wildman–Crippen MR) is 85.5 cm³/mol. The van der Waals surface area contributed by atoms with Crippen LogP contribution in [-0.4, -0.2) is 10.1 Å². The van der Waals surface area contributed by atoms with E-state index in [0.717, 1.165) is 20.6 Å². The summed E-state index contributed by atoms with van der Waals surface area (Å²) in [5.74, 6) is 0.691. The van der Waals surface area contributed by atoms with Crippen molar-refractivity contribution in [2.75, 3.05) is 0 Å². The van der Waals surface area contributed by atoms with Gasteiger partial charge in [0.2, 0.25) is 0 Å². The minimum absolute atomic E-state index is 0.398. The number of rotatable bonds is 3. The molecule has 2 aromatic rings. The van der Waals surface area contributed by atoms with Crippen LogP contribution >= 0.6 is 51.1 Å². The first-order chi connectivity index (χ1) is 9.01. The summed E-state index contributed by atoms with van der Waals surface area (Å²) in [5, 5.41) is 3.27. The molecule has 0 spiro atoms. The van der Waals surface area contributed by atoms with Crippen LogP contribution in [0.1, 0.15) is 11.1 Å². The topological polar surface area (TPSA) is 34.5 Å². The van der Waals surface area contributed by atoms with Crippen molar-refractivity contribution in [3.63, 3.8) is 0 Å². The summed E-state index contributed by atoms with van der Waals surface area (Å²) in [7, 11) is 0. The first-order valence-electron chi connectivity index (χ1n) is 5.20. The Kier molecular flexibility index (Phi) is 4.71. The monoisotopic (exact) mass is 374 g/mol. The number of thiocarbonyl (C=S) groups is 1. The van der Waals surface area contributed by atoms with Gasteiger partial charge in [-0.3, -0.25) is 0 Å². The molecule has 0 saturated carbocycles. The van der Waals surface area contributed by atoms with Crippen LogP contribution < -0.4 is 4.74 Å². The van der Waals surface area contributed by atoms with Crippen molar-refractivity contribution in [1.29, 1.82) is 0 Å². The van der Waals surface area contributed by atoms with Gasteiger partial charge in [0.25, 0.3) is 5.19 Å². The van der Waals surface area contributed by atoms with Crippen molar-refractivity contribution in [2.24, 2.45) is 4.99 Å². The molecule has 7 heteroatoms. The van der Waals surface area contributed by atoms with Crippen molar-refractivity contribution in [1.82, 2.24) is 4.98 Å². The maximum absolute atomic E-state index is 5.86. The van der Waals surface area contributed by atoms with Gasteiger partial charge in [-0.05, 0) is 65.3 Å². The summed E-state index contributed by atoms with van der Waals surface area (Å²) in [6.45, 7) is 3.88. The fourth-order valence-electron chi connectivity index (χ4n) is 1.61. The first kappa shape index (κ1) is 14.6. The third-order valence-electron chi connectivity index (χ3n) is 2.36. The van der Waals surface area contributed by atoms with E-state index in [1.165, 1.54) is 11.3 Å². The highest BCUT2D eigenvalue weighted by atomic mass is 79.9. The molecule has 0 aliphatic rings. The lowest BCUT2D eigenvalue weighted by Gasteiger charge is -2.07. The highest BCUT2D eigenvalue weighted by Crippen LogP contribution is 2.37. The standard InChI is InChI=1S/C12H8BrClN2OS2/c1-6-3-8(4-7(2)9(6)15-5-18)17-12-16-11(14)10(13)19-12/h3-4H,1-2H3. The van der Waals surface area contributed by atoms with Crippen LogP contribution in [0.25, 0.3) is 0 Å². The van der Waals surface area contributed by atoms with E-state index in [9.17, 15) is 0 Å². The third-order valence-corrected chi connectivity index (χ3v) is 4.64. The Morgan fingerprint density at radius 3 is 2.53 bits per heavy atom. The minimum atomic E-state index is 0.398. The van der Waals surface area contributed by atoms with Gasteiger partial charge in [-0.2, -0.15) is 9.98 Å². The van der Waals surface area contributed by atoms with Crippen molar-refractivity contribution in [2.45, 2.75) is 13.8 Å². The van der Waals surface area contributed by atoms with Crippen LogP contribution in [0.5, 0.6) is 10.9 Å². The highest BCUT2D eigenvalue weighted by Gasteiger charge is 2.10. The van der Waals surface area contributed by atoms with Gasteiger partial charge >= 0.3 is 0 Å². The molecule has 0 fully saturated rings. The number of hydrogen-bond donors (Lipinski definition) is 0. The van der Waals surface area contributed by atoms with Gasteiger partial charge in [-0.1, -0.05) is 22.9 Å². The van der Waals surface area contributed by atoms with Gasteiger partial charge < -0.3 is 4.74 Å². The van der Waals surface area contributed by atoms with E-state index < -0.39 is 0 Å². The predicted octanol–water partition coefficient (Wildman–Crippen LogP) is 5.70. The number of hydrogen-bond acceptors (Lipinski definition) is 5. The Morgan fingerprint density at radius 2 is 2.05 bits per heavy atom. The molecular formula is C12H8BrClN2OS2. The summed E-state index contributed by atoms with van der Waals surface area (Å²) in [5.41, 5.74) is 2.75. The molecule has 0 radical (unpaired) electrons. The van der Waals surface area contributed by atoms with Crippen molar-refractivity contribution < 1.29 is 4.74 Å². The molecule has 3 nitrogen and oxygen atoms in total. The smallest absolute Gasteiger partial charge is 0.281 e. The molecule has 0 unspecified atom stereocenters. The van der Waals surface area contributed by atoms with E-state index in [1.54, 1.807) is 0 Å². The normalized spacial score (nSPS) is 10.1. The zero-order valence-electron chi connectivity index (χ0n) is 10.0. The summed E-state index contributed by atoms with van der Waals surface area (Å²) in [6.07, 6.45) is 0. The number of thiazole rings is 1. The Bertz CT molecular complexity index is 638. The number of aryl methyl sites for hydroxylation is 2. The highest BCUT2D eigenvalue weighted by molar-refractivity contribution is 9.11. The Hall–Kier alpha value is -0.780. The average Bonchev–Trinajstić information content (AvgIpc) is 2.63. The second-order valence-electron chi connectivity index (χ2n) is 3.76. The number of nitrogens with zero attached hydrogens (tertiary/aromatic N) is 2. The van der Waals surface area contributed by atoms with Gasteiger partial charge in [0, 0.05) is 0 Å². The molecule has 0 atom stereocenters. The lowest BCUT2D eigenvalue weighted by Crippen LogP contribution is -1.87. The molecule has 1 aromatic heterocycles. The van der Waals surface area contributed by atoms with Crippen molar-refractivity contribution in [3.05, 3.63) is 32.2 Å². The molecular weight excluding hydrogens is 368 g/mol. The van der Waals surface area contributed by atoms with E-state index in [2.05, 4.69) is 43.3 Å². The summed E-state index contributed by atoms with van der Waals surface area (Å²) >= 11 is 15.1. The van der Waals surface area contributed by atoms with Gasteiger partial charge in [-0.25, -0.2) is 0 Å². The zero-order chi connectivity index (χ0) is 14.0. The molecule has 2 rings (SSSR count). The number of isothiocyanates is 1. The summed E-state index contributed by atoms with van der Waals surface area (Å²) in [4.78, 5) is 8.13. The lowest BCUT2D eigenvalue weighted by molar-refractivity contribution is 0.478. The van der Waals surface area contributed by atoms with Crippen molar-refractivity contribution >= 4 is 61.9 Å². The summed E-state index contributed by atoms with van der Waals surface area (Å²) < 4.78 is 6.43. The molecule has 19 heavy (non-hydrogen) atoms. The largest absolute Gasteiger partial charge is 0.431 e. The van der Waals surface area contributed by atoms with Crippen LogP contribution in [0, 0.1) is 13.8 Å². The lowest BCUT2D eigenvalue weighted by atomic mass is 10.1. The van der Waals surface area contributed by atoms with Gasteiger partial charge in [0.05, 0.1) is 10.8 Å². The molecule has 0 amide bonds. The van der Waals surface area contributed by atoms with Gasteiger partial charge in [0.15, 0.2) is 5.15 Å². The number of benzene rings is 1. The first-order valence-corrected chi connectivity index (χ1v) is 7.59. The molecule has 0 aliphatic carbocycles. The quantitative estimate of drug-likeness (QED) is 0.509. The van der Waals surface area contributed by atoms with E-state index in [-0.39, 0.29) is 0 Å². The zero-order valence-corrected chi connectivity index (χ0v) is 14.0. The van der Waals surface area contributed by atoms with Crippen LogP contribution in [0.2, 0.25) is 5.15 Å². The SMILES string of the molecule is Cc1cc(Oc2nc(Cl)c(Br)s2)cc(C)c1N=C=S. The van der Waals surface area contributed by atoms with Gasteiger partial charge in [-0.15, -0.1) is 0 Å². The fraction of sp³-hybridized carbons (Fsp3) is 0.167. The Balaban J connectivity index is 2.34. The number of aliphatic imine (C=N–C) groups is 1. The summed E-state index contributed by atoms with van der Waals surface area (Å²) in [6, 6.07) is 3.75. The molecule has 0 saturated heterocycles. The molecule has 1 heterocycles. The van der Waals surface area contributed by atoms with E-state index >= 15 is 0 Å². The van der Waals surface area contributed by atoms with E-state index in [1.807, 2.05) is 26.0 Å². The second kappa shape index (κ2) is 6.11. The number of aromatic nitrogens is 1. The second-order valence-corrected chi connectivity index (χ2v) is 6.58. The van der Waals surface area contributed by atoms with Crippen LogP contribution in [-0.2, 0) is 0 Å². The van der Waals surface area contributed by atoms with Crippen LogP contribution in [0.15, 0.2) is 20.9 Å². The Morgan fingerprint density at radius 1 is 1.42 bits per heavy atom. The van der Waals surface area contributed by atoms with E-state index in [0.29, 0.717) is 16.1 Å². The number of halogens is 2. The molecule has 98 valence electrons.